The quantitative estimate of drug-likeness (QED) is 0.222. The molecule has 1 aliphatic carbocycles. The first-order valence-electron chi connectivity index (χ1n) is 14.1. The Morgan fingerprint density at radius 1 is 0.439 bits per heavy atom. The number of hydrogen-bond donors (Lipinski definition) is 0. The molecule has 2 aromatic heterocycles. The monoisotopic (exact) mass is 520 g/mol. The van der Waals surface area contributed by atoms with Crippen molar-refractivity contribution in [1.29, 1.82) is 0 Å². The van der Waals surface area contributed by atoms with E-state index < -0.39 is 0 Å². The minimum atomic E-state index is 1.16. The van der Waals surface area contributed by atoms with E-state index in [9.17, 15) is 0 Å². The molecule has 41 heavy (non-hydrogen) atoms. The van der Waals surface area contributed by atoms with Gasteiger partial charge in [0, 0.05) is 34.4 Å². The Balaban J connectivity index is 1.38. The van der Waals surface area contributed by atoms with Gasteiger partial charge in [-0.05, 0) is 86.1 Å². The topological polar surface area (TPSA) is 17.8 Å². The van der Waals surface area contributed by atoms with Crippen molar-refractivity contribution in [3.05, 3.63) is 146 Å². The molecule has 0 radical (unpaired) electrons. The molecule has 8 aromatic rings. The van der Waals surface area contributed by atoms with Crippen LogP contribution in [0.25, 0.3) is 82.8 Å². The van der Waals surface area contributed by atoms with Gasteiger partial charge in [0.2, 0.25) is 0 Å². The highest BCUT2D eigenvalue weighted by molar-refractivity contribution is 6.18. The zero-order chi connectivity index (χ0) is 26.9. The van der Waals surface area contributed by atoms with E-state index in [0.29, 0.717) is 0 Å². The molecule has 0 spiro atoms. The van der Waals surface area contributed by atoms with E-state index in [1.165, 1.54) is 77.1 Å². The van der Waals surface area contributed by atoms with E-state index in [-0.39, 0.29) is 0 Å². The molecule has 0 saturated heterocycles. The van der Waals surface area contributed by atoms with Gasteiger partial charge in [-0.15, -0.1) is 0 Å². The lowest BCUT2D eigenvalue weighted by Crippen LogP contribution is -1.95. The maximum atomic E-state index is 4.59. The molecule has 0 amide bonds. The molecule has 190 valence electrons. The first kappa shape index (κ1) is 22.4. The van der Waals surface area contributed by atoms with Crippen molar-refractivity contribution in [2.45, 2.75) is 0 Å². The molecule has 6 aromatic carbocycles. The predicted molar refractivity (Wildman–Crippen MR) is 171 cm³/mol. The SMILES string of the molecule is c1ccc(-c2ccc(-n3c4ccccc4c4cc5c(cc43)-c3cccc4cccc(c34)-c3ccncc3-5)cc2)cc1. The van der Waals surface area contributed by atoms with Gasteiger partial charge in [0.25, 0.3) is 0 Å². The van der Waals surface area contributed by atoms with Gasteiger partial charge in [0.15, 0.2) is 0 Å². The van der Waals surface area contributed by atoms with E-state index in [1.54, 1.807) is 0 Å². The maximum Gasteiger partial charge on any atom is 0.0547 e. The highest BCUT2D eigenvalue weighted by Gasteiger charge is 2.24. The summed E-state index contributed by atoms with van der Waals surface area (Å²) in [5, 5.41) is 5.06. The van der Waals surface area contributed by atoms with Gasteiger partial charge in [0.1, 0.15) is 0 Å². The zero-order valence-electron chi connectivity index (χ0n) is 22.3. The van der Waals surface area contributed by atoms with Crippen molar-refractivity contribution in [1.82, 2.24) is 9.55 Å². The van der Waals surface area contributed by atoms with Crippen molar-refractivity contribution < 1.29 is 0 Å². The summed E-state index contributed by atoms with van der Waals surface area (Å²) in [6.45, 7) is 0. The van der Waals surface area contributed by atoms with E-state index in [2.05, 4.69) is 143 Å². The number of hydrogen-bond acceptors (Lipinski definition) is 1. The van der Waals surface area contributed by atoms with Gasteiger partial charge in [-0.3, -0.25) is 4.98 Å². The van der Waals surface area contributed by atoms with Crippen LogP contribution in [0.1, 0.15) is 0 Å². The molecular formula is C39H24N2. The average molecular weight is 521 g/mol. The lowest BCUT2D eigenvalue weighted by Gasteiger charge is -2.13. The number of rotatable bonds is 2. The van der Waals surface area contributed by atoms with E-state index in [1.807, 2.05) is 12.4 Å². The van der Waals surface area contributed by atoms with Crippen LogP contribution in [0.5, 0.6) is 0 Å². The Kier molecular flexibility index (Phi) is 4.64. The summed E-state index contributed by atoms with van der Waals surface area (Å²) >= 11 is 0. The van der Waals surface area contributed by atoms with Crippen molar-refractivity contribution in [3.63, 3.8) is 0 Å². The van der Waals surface area contributed by atoms with Gasteiger partial charge < -0.3 is 4.57 Å². The lowest BCUT2D eigenvalue weighted by molar-refractivity contribution is 1.18. The second-order valence-corrected chi connectivity index (χ2v) is 10.8. The summed E-state index contributed by atoms with van der Waals surface area (Å²) in [5.74, 6) is 0. The summed E-state index contributed by atoms with van der Waals surface area (Å²) < 4.78 is 2.42. The van der Waals surface area contributed by atoms with E-state index in [0.717, 1.165) is 5.69 Å². The molecule has 0 saturated carbocycles. The van der Waals surface area contributed by atoms with Crippen LogP contribution in [-0.4, -0.2) is 9.55 Å². The molecule has 2 heteroatoms. The van der Waals surface area contributed by atoms with Crippen LogP contribution in [-0.2, 0) is 0 Å². The van der Waals surface area contributed by atoms with Crippen LogP contribution >= 0.6 is 0 Å². The predicted octanol–water partition coefficient (Wildman–Crippen LogP) is 10.3. The smallest absolute Gasteiger partial charge is 0.0547 e. The fourth-order valence-corrected chi connectivity index (χ4v) is 6.81. The standard InChI is InChI=1S/C39H24N2/c1-2-8-25(9-3-1)26-16-18-28(19-17-26)41-37-15-5-4-12-30(37)35-22-33-34(23-38(35)41)32-14-7-11-27-10-6-13-31(39(27)32)29-20-21-40-24-36(29)33/h1-24H. The number of aromatic nitrogens is 2. The van der Waals surface area contributed by atoms with Crippen molar-refractivity contribution >= 4 is 32.6 Å². The number of benzene rings is 6. The molecule has 0 atom stereocenters. The Bertz CT molecular complexity index is 2290. The van der Waals surface area contributed by atoms with Crippen LogP contribution in [0, 0.1) is 0 Å². The summed E-state index contributed by atoms with van der Waals surface area (Å²) in [7, 11) is 0. The van der Waals surface area contributed by atoms with Crippen molar-refractivity contribution in [2.75, 3.05) is 0 Å². The van der Waals surface area contributed by atoms with Crippen LogP contribution < -0.4 is 0 Å². The average Bonchev–Trinajstić information content (AvgIpc) is 3.31. The molecule has 2 nitrogen and oxygen atoms in total. The van der Waals surface area contributed by atoms with Gasteiger partial charge in [-0.2, -0.15) is 0 Å². The molecule has 9 rings (SSSR count). The second kappa shape index (κ2) is 8.51. The third kappa shape index (κ3) is 3.22. The first-order valence-corrected chi connectivity index (χ1v) is 14.1. The largest absolute Gasteiger partial charge is 0.309 e. The fraction of sp³-hybridized carbons (Fsp3) is 0. The van der Waals surface area contributed by atoms with Gasteiger partial charge >= 0.3 is 0 Å². The summed E-state index contributed by atoms with van der Waals surface area (Å²) in [5.41, 5.74) is 13.4. The molecule has 0 N–H and O–H groups in total. The number of para-hydroxylation sites is 1. The second-order valence-electron chi connectivity index (χ2n) is 10.8. The van der Waals surface area contributed by atoms with Crippen LogP contribution in [0.3, 0.4) is 0 Å². The minimum absolute atomic E-state index is 1.16. The van der Waals surface area contributed by atoms with Gasteiger partial charge in [-0.25, -0.2) is 0 Å². The lowest BCUT2D eigenvalue weighted by atomic mass is 9.92. The van der Waals surface area contributed by atoms with Crippen LogP contribution in [0.2, 0.25) is 0 Å². The van der Waals surface area contributed by atoms with Gasteiger partial charge in [0.05, 0.1) is 11.0 Å². The molecule has 0 unspecified atom stereocenters. The highest BCUT2D eigenvalue weighted by Crippen LogP contribution is 2.49. The Morgan fingerprint density at radius 3 is 1.98 bits per heavy atom. The normalized spacial score (nSPS) is 11.9. The Labute approximate surface area is 237 Å². The first-order chi connectivity index (χ1) is 20.3. The number of nitrogens with zero attached hydrogens (tertiary/aromatic N) is 2. The third-order valence-electron chi connectivity index (χ3n) is 8.64. The van der Waals surface area contributed by atoms with Crippen LogP contribution in [0.4, 0.5) is 0 Å². The molecule has 2 heterocycles. The fourth-order valence-electron chi connectivity index (χ4n) is 6.81. The molecule has 0 aliphatic heterocycles. The van der Waals surface area contributed by atoms with E-state index >= 15 is 0 Å². The summed E-state index contributed by atoms with van der Waals surface area (Å²) in [6, 6.07) is 48.6. The number of fused-ring (bicyclic) bond motifs is 8. The molecule has 1 aliphatic rings. The number of pyridine rings is 1. The third-order valence-corrected chi connectivity index (χ3v) is 8.64. The molecule has 0 fully saturated rings. The van der Waals surface area contributed by atoms with Crippen molar-refractivity contribution in [2.24, 2.45) is 0 Å². The zero-order valence-corrected chi connectivity index (χ0v) is 22.3. The van der Waals surface area contributed by atoms with Crippen molar-refractivity contribution in [3.8, 4) is 50.2 Å². The summed E-state index contributed by atoms with van der Waals surface area (Å²) in [6.07, 6.45) is 3.95. The highest BCUT2D eigenvalue weighted by atomic mass is 15.0. The maximum absolute atomic E-state index is 4.59. The Morgan fingerprint density at radius 2 is 1.15 bits per heavy atom. The minimum Gasteiger partial charge on any atom is -0.309 e. The molecule has 0 bridgehead atoms. The van der Waals surface area contributed by atoms with E-state index in [4.69, 9.17) is 0 Å². The Hall–Kier alpha value is -5.47. The summed E-state index contributed by atoms with van der Waals surface area (Å²) in [4.78, 5) is 4.59. The van der Waals surface area contributed by atoms with Crippen LogP contribution in [0.15, 0.2) is 146 Å². The van der Waals surface area contributed by atoms with Gasteiger partial charge in [-0.1, -0.05) is 97.1 Å². The molecular weight excluding hydrogens is 496 g/mol.